The molecule has 0 spiro atoms. The van der Waals surface area contributed by atoms with Gasteiger partial charge in [0.1, 0.15) is 22.8 Å². The first kappa shape index (κ1) is 29.8. The monoisotopic (exact) mass is 602 g/mol. The van der Waals surface area contributed by atoms with E-state index in [9.17, 15) is 14.4 Å². The van der Waals surface area contributed by atoms with Crippen LogP contribution in [0, 0.1) is 0 Å². The Morgan fingerprint density at radius 1 is 0.932 bits per heavy atom. The molecule has 3 aromatic heterocycles. The van der Waals surface area contributed by atoms with Crippen LogP contribution in [0.25, 0.3) is 11.0 Å². The van der Waals surface area contributed by atoms with Crippen molar-refractivity contribution >= 4 is 40.7 Å². The van der Waals surface area contributed by atoms with Gasteiger partial charge in [0.15, 0.2) is 0 Å². The Balaban J connectivity index is 1.16. The van der Waals surface area contributed by atoms with Crippen molar-refractivity contribution in [2.45, 2.75) is 89.4 Å². The van der Waals surface area contributed by atoms with E-state index in [1.165, 1.54) is 12.8 Å². The average Bonchev–Trinajstić information content (AvgIpc) is 3.63. The van der Waals surface area contributed by atoms with Crippen molar-refractivity contribution in [3.63, 3.8) is 0 Å². The highest BCUT2D eigenvalue weighted by Gasteiger charge is 2.48. The van der Waals surface area contributed by atoms with Crippen LogP contribution in [-0.2, 0) is 4.74 Å². The molecule has 3 fully saturated rings. The Labute approximate surface area is 257 Å². The Morgan fingerprint density at radius 3 is 2.25 bits per heavy atom. The topological polar surface area (TPSA) is 126 Å². The van der Waals surface area contributed by atoms with E-state index in [4.69, 9.17) is 9.72 Å². The Kier molecular flexibility index (Phi) is 7.93. The van der Waals surface area contributed by atoms with E-state index in [-0.39, 0.29) is 36.0 Å². The summed E-state index contributed by atoms with van der Waals surface area (Å²) in [6.45, 7) is 6.52. The van der Waals surface area contributed by atoms with Crippen LogP contribution in [0.1, 0.15) is 92.6 Å². The SMILES string of the molecule is CN(C)C(=O)c1cc2cnc(Nc3ccc(C(=O)N4CC5CC4CN5C(=O)OC(C)(C)C)cn3)nc2n1C1CCCCCC1. The lowest BCUT2D eigenvalue weighted by molar-refractivity contribution is 0.0126. The first-order chi connectivity index (χ1) is 21.0. The van der Waals surface area contributed by atoms with E-state index < -0.39 is 5.60 Å². The number of hydrogen-bond donors (Lipinski definition) is 1. The molecule has 5 heterocycles. The smallest absolute Gasteiger partial charge is 0.410 e. The second-order valence-electron chi connectivity index (χ2n) is 13.4. The van der Waals surface area contributed by atoms with Crippen molar-refractivity contribution in [2.24, 2.45) is 0 Å². The average molecular weight is 603 g/mol. The molecule has 1 N–H and O–H groups in total. The van der Waals surface area contributed by atoms with Gasteiger partial charge < -0.3 is 29.3 Å². The number of carbonyl (C=O) groups is 3. The van der Waals surface area contributed by atoms with Gasteiger partial charge in [-0.05, 0) is 58.2 Å². The first-order valence-corrected chi connectivity index (χ1v) is 15.6. The minimum absolute atomic E-state index is 0.0353. The number of hydrogen-bond acceptors (Lipinski definition) is 8. The van der Waals surface area contributed by atoms with Crippen LogP contribution < -0.4 is 5.32 Å². The van der Waals surface area contributed by atoms with Gasteiger partial charge in [0.25, 0.3) is 11.8 Å². The summed E-state index contributed by atoms with van der Waals surface area (Å²) in [5.41, 5.74) is 1.29. The Bertz CT molecular complexity index is 1550. The number of amides is 3. The molecule has 0 radical (unpaired) electrons. The van der Waals surface area contributed by atoms with Crippen molar-refractivity contribution in [2.75, 3.05) is 32.5 Å². The fraction of sp³-hybridized carbons (Fsp3) is 0.562. The molecule has 1 aliphatic carbocycles. The van der Waals surface area contributed by atoms with Crippen LogP contribution in [0.15, 0.2) is 30.6 Å². The van der Waals surface area contributed by atoms with Gasteiger partial charge in [0.05, 0.1) is 17.6 Å². The summed E-state index contributed by atoms with van der Waals surface area (Å²) < 4.78 is 7.65. The van der Waals surface area contributed by atoms with Crippen molar-refractivity contribution in [1.29, 1.82) is 0 Å². The fourth-order valence-corrected chi connectivity index (χ4v) is 6.68. The molecule has 44 heavy (non-hydrogen) atoms. The molecule has 3 aromatic rings. The maximum atomic E-state index is 13.3. The van der Waals surface area contributed by atoms with Gasteiger partial charge in [0, 0.05) is 51.0 Å². The molecule has 2 unspecified atom stereocenters. The minimum atomic E-state index is -0.556. The van der Waals surface area contributed by atoms with E-state index in [2.05, 4.69) is 19.9 Å². The van der Waals surface area contributed by atoms with Crippen LogP contribution in [0.5, 0.6) is 0 Å². The third kappa shape index (κ3) is 5.94. The van der Waals surface area contributed by atoms with Gasteiger partial charge in [-0.2, -0.15) is 4.98 Å². The number of anilines is 2. The van der Waals surface area contributed by atoms with Crippen molar-refractivity contribution < 1.29 is 19.1 Å². The molecule has 3 amide bonds. The maximum absolute atomic E-state index is 13.3. The third-order valence-electron chi connectivity index (χ3n) is 8.77. The molecule has 2 aliphatic heterocycles. The summed E-state index contributed by atoms with van der Waals surface area (Å²) in [7, 11) is 3.53. The Hall–Kier alpha value is -4.22. The zero-order valence-electron chi connectivity index (χ0n) is 26.2. The molecule has 2 saturated heterocycles. The summed E-state index contributed by atoms with van der Waals surface area (Å²) in [5.74, 6) is 0.738. The van der Waals surface area contributed by atoms with Gasteiger partial charge in [-0.3, -0.25) is 9.59 Å². The number of carbonyl (C=O) groups excluding carboxylic acids is 3. The highest BCUT2D eigenvalue weighted by atomic mass is 16.6. The molecule has 2 bridgehead atoms. The molecular formula is C32H42N8O4. The maximum Gasteiger partial charge on any atom is 0.410 e. The second-order valence-corrected chi connectivity index (χ2v) is 13.4. The molecule has 2 atom stereocenters. The van der Waals surface area contributed by atoms with Crippen LogP contribution in [-0.4, -0.2) is 97.0 Å². The highest BCUT2D eigenvalue weighted by Crippen LogP contribution is 2.34. The van der Waals surface area contributed by atoms with Gasteiger partial charge in [-0.1, -0.05) is 25.7 Å². The van der Waals surface area contributed by atoms with Crippen molar-refractivity contribution in [3.05, 3.63) is 41.9 Å². The predicted molar refractivity (Wildman–Crippen MR) is 166 cm³/mol. The predicted octanol–water partition coefficient (Wildman–Crippen LogP) is 5.00. The van der Waals surface area contributed by atoms with Gasteiger partial charge >= 0.3 is 6.09 Å². The molecular weight excluding hydrogens is 560 g/mol. The molecule has 234 valence electrons. The van der Waals surface area contributed by atoms with Gasteiger partial charge in [-0.15, -0.1) is 0 Å². The fourth-order valence-electron chi connectivity index (χ4n) is 6.68. The van der Waals surface area contributed by atoms with Gasteiger partial charge in [0.2, 0.25) is 5.95 Å². The number of ether oxygens (including phenoxy) is 1. The van der Waals surface area contributed by atoms with Gasteiger partial charge in [-0.25, -0.2) is 14.8 Å². The lowest BCUT2D eigenvalue weighted by Crippen LogP contribution is -2.51. The van der Waals surface area contributed by atoms with Crippen LogP contribution >= 0.6 is 0 Å². The number of rotatable bonds is 5. The number of fused-ring (bicyclic) bond motifs is 3. The molecule has 6 rings (SSSR count). The first-order valence-electron chi connectivity index (χ1n) is 15.6. The van der Waals surface area contributed by atoms with Crippen molar-refractivity contribution in [3.8, 4) is 0 Å². The van der Waals surface area contributed by atoms with Crippen molar-refractivity contribution in [1.82, 2.24) is 34.2 Å². The third-order valence-corrected chi connectivity index (χ3v) is 8.77. The zero-order valence-corrected chi connectivity index (χ0v) is 26.2. The number of nitrogens with one attached hydrogen (secondary N) is 1. The standard InChI is InChI=1S/C32H42N8O4/c1-32(2,3)44-31(43)39-19-23-15-24(39)18-38(23)28(41)20-12-13-26(33-16-20)35-30-34-17-21-14-25(29(42)37(4)5)40(27(21)36-30)22-10-8-6-7-9-11-22/h12-14,16-17,22-24H,6-11,15,18-19H2,1-5H3,(H,33,34,35,36). The van der Waals surface area contributed by atoms with E-state index in [1.807, 2.05) is 31.7 Å². The summed E-state index contributed by atoms with van der Waals surface area (Å²) in [6, 6.07) is 5.51. The van der Waals surface area contributed by atoms with Crippen LogP contribution in [0.3, 0.4) is 0 Å². The minimum Gasteiger partial charge on any atom is -0.444 e. The van der Waals surface area contributed by atoms with Crippen LogP contribution in [0.4, 0.5) is 16.6 Å². The molecule has 0 aromatic carbocycles. The van der Waals surface area contributed by atoms with E-state index in [1.54, 1.807) is 48.4 Å². The number of piperazine rings is 1. The van der Waals surface area contributed by atoms with E-state index >= 15 is 0 Å². The summed E-state index contributed by atoms with van der Waals surface area (Å²) in [4.78, 5) is 58.1. The zero-order chi connectivity index (χ0) is 31.2. The molecule has 1 saturated carbocycles. The highest BCUT2D eigenvalue weighted by molar-refractivity contribution is 5.98. The largest absolute Gasteiger partial charge is 0.444 e. The number of pyridine rings is 1. The van der Waals surface area contributed by atoms with E-state index in [0.717, 1.165) is 43.1 Å². The molecule has 3 aliphatic rings. The lowest BCUT2D eigenvalue weighted by atomic mass is 10.1. The molecule has 12 heteroatoms. The summed E-state index contributed by atoms with van der Waals surface area (Å²) in [6.07, 6.45) is 10.4. The summed E-state index contributed by atoms with van der Waals surface area (Å²) >= 11 is 0. The van der Waals surface area contributed by atoms with Crippen LogP contribution in [0.2, 0.25) is 0 Å². The number of likely N-dealkylation sites (tertiary alicyclic amines) is 2. The van der Waals surface area contributed by atoms with E-state index in [0.29, 0.717) is 36.1 Å². The quantitative estimate of drug-likeness (QED) is 0.405. The lowest BCUT2D eigenvalue weighted by Gasteiger charge is -2.35. The summed E-state index contributed by atoms with van der Waals surface area (Å²) in [5, 5.41) is 4.00. The normalized spacial score (nSPS) is 20.6. The number of nitrogens with zero attached hydrogens (tertiary/aromatic N) is 7. The Morgan fingerprint density at radius 2 is 1.64 bits per heavy atom. The second kappa shape index (κ2) is 11.7. The number of aromatic nitrogens is 4. The molecule has 12 nitrogen and oxygen atoms in total.